The van der Waals surface area contributed by atoms with Crippen LogP contribution in [0.15, 0.2) is 119 Å². The molecule has 13 heteroatoms. The Labute approximate surface area is 395 Å². The fraction of sp³-hybridized carbons (Fsp3) is 0.352. The number of aryl methyl sites for hydroxylation is 3. The smallest absolute Gasteiger partial charge is 0.335 e. The predicted molar refractivity (Wildman–Crippen MR) is 263 cm³/mol. The molecule has 0 bridgehead atoms. The van der Waals surface area contributed by atoms with Gasteiger partial charge in [-0.2, -0.15) is 0 Å². The minimum absolute atomic E-state index is 0.149. The van der Waals surface area contributed by atoms with Crippen molar-refractivity contribution < 1.29 is 19.4 Å². The summed E-state index contributed by atoms with van der Waals surface area (Å²) < 4.78 is 7.83. The number of aromatic carboxylic acids is 1. The van der Waals surface area contributed by atoms with Crippen LogP contribution in [0.4, 0.5) is 11.4 Å². The zero-order valence-corrected chi connectivity index (χ0v) is 39.1. The number of thiophene rings is 1. The first kappa shape index (κ1) is 43.2. The molecule has 3 aromatic heterocycles. The van der Waals surface area contributed by atoms with E-state index in [0.717, 1.165) is 96.8 Å². The molecule has 0 amide bonds. The zero-order valence-electron chi connectivity index (χ0n) is 38.3. The molecule has 2 saturated heterocycles. The average molecular weight is 913 g/mol. The lowest BCUT2D eigenvalue weighted by Gasteiger charge is -2.44. The summed E-state index contributed by atoms with van der Waals surface area (Å²) in [4.78, 5) is 30.2. The molecule has 67 heavy (non-hydrogen) atoms. The molecule has 2 fully saturated rings. The summed E-state index contributed by atoms with van der Waals surface area (Å²) in [6.07, 6.45) is 7.01. The number of piperazine rings is 1. The quantitative estimate of drug-likeness (QED) is 0.137. The number of β-amino-alcohol motifs (C(OH)–C–C–N with tert-alkyl or cyclic N) is 1. The third-order valence-electron chi connectivity index (χ3n) is 14.9. The molecule has 1 aliphatic carbocycles. The highest BCUT2D eigenvalue weighted by atomic mass is 32.1. The summed E-state index contributed by atoms with van der Waals surface area (Å²) in [5.41, 5.74) is 11.3. The van der Waals surface area contributed by atoms with Gasteiger partial charge in [-0.1, -0.05) is 60.7 Å². The number of piperidine rings is 1. The lowest BCUT2D eigenvalue weighted by Crippen LogP contribution is -2.55. The Morgan fingerprint density at radius 1 is 0.836 bits per heavy atom. The number of benzene rings is 4. The van der Waals surface area contributed by atoms with Crippen molar-refractivity contribution in [2.75, 3.05) is 55.6 Å². The van der Waals surface area contributed by atoms with Crippen molar-refractivity contribution in [1.29, 1.82) is 0 Å². The molecule has 6 heterocycles. The van der Waals surface area contributed by atoms with E-state index >= 15 is 0 Å². The molecule has 12 nitrogen and oxygen atoms in total. The van der Waals surface area contributed by atoms with Gasteiger partial charge in [0.2, 0.25) is 0 Å². The van der Waals surface area contributed by atoms with Crippen molar-refractivity contribution in [3.63, 3.8) is 0 Å². The number of anilines is 2. The van der Waals surface area contributed by atoms with Crippen LogP contribution in [0.2, 0.25) is 0 Å². The van der Waals surface area contributed by atoms with E-state index < -0.39 is 11.6 Å². The van der Waals surface area contributed by atoms with Crippen molar-refractivity contribution >= 4 is 34.4 Å². The van der Waals surface area contributed by atoms with E-state index in [0.29, 0.717) is 43.2 Å². The van der Waals surface area contributed by atoms with Crippen molar-refractivity contribution in [3.8, 4) is 5.00 Å². The van der Waals surface area contributed by atoms with Gasteiger partial charge >= 0.3 is 5.97 Å². The lowest BCUT2D eigenvalue weighted by molar-refractivity contribution is -0.0173. The molecule has 3 atom stereocenters. The van der Waals surface area contributed by atoms with Crippen LogP contribution in [-0.2, 0) is 12.8 Å². The summed E-state index contributed by atoms with van der Waals surface area (Å²) >= 11 is 1.75. The molecule has 342 valence electrons. The number of hydrogen-bond donors (Lipinski definition) is 2. The number of nitrogens with zero attached hydrogens (tertiary/aromatic N) is 8. The minimum atomic E-state index is -0.879. The van der Waals surface area contributed by atoms with Crippen molar-refractivity contribution in [1.82, 2.24) is 24.6 Å². The van der Waals surface area contributed by atoms with Crippen LogP contribution in [0.1, 0.15) is 109 Å². The van der Waals surface area contributed by atoms with Crippen molar-refractivity contribution in [2.24, 2.45) is 4.99 Å². The molecule has 4 aliphatic rings. The molecular formula is C54H56N8O4S. The molecule has 0 saturated carbocycles. The third kappa shape index (κ3) is 8.27. The first-order valence-corrected chi connectivity index (χ1v) is 24.5. The summed E-state index contributed by atoms with van der Waals surface area (Å²) in [5.74, 6) is 1.82. The van der Waals surface area contributed by atoms with Crippen LogP contribution in [0.3, 0.4) is 0 Å². The van der Waals surface area contributed by atoms with Gasteiger partial charge in [0.1, 0.15) is 23.1 Å². The van der Waals surface area contributed by atoms with Gasteiger partial charge in [-0.25, -0.2) is 9.78 Å². The standard InChI is InChI=1S/C54H56N8O4S/c1-34-35(2)67-52-48(34)50(56-46(32-47-55-23-30-66-47)51-58-57-36(3)62(51)52)39-11-17-42(18-12-39)60-24-21-54(65,22-25-60)33-59-26-28-61(29-27-59)43-15-9-38(10-16-43)49-44(37-7-5-4-6-8-37)19-13-40-31-41(53(63)64)14-20-45(40)49/h4-12,14-18,20,23,30-31,44,46,49,65H,13,19,21-22,24-29,32-33H2,1-3H3,(H,63,64)/t44-,46-,49+/m1/s1. The van der Waals surface area contributed by atoms with Gasteiger partial charge in [-0.3, -0.25) is 14.5 Å². The predicted octanol–water partition coefficient (Wildman–Crippen LogP) is 9.09. The minimum Gasteiger partial charge on any atom is -0.478 e. The SMILES string of the molecule is Cc1sc2c(c1C)C(c1ccc(N3CCC(O)(CN4CCN(c5ccc([C@@H]6c7ccc(C(=O)O)cc7CC[C@@H]6c6ccccc6)cc5)CC4)CC3)cc1)=N[C@H](Cc1ncco1)c1nnc(C)n1-2. The highest BCUT2D eigenvalue weighted by Gasteiger charge is 2.37. The van der Waals surface area contributed by atoms with E-state index in [4.69, 9.17) is 9.41 Å². The molecule has 3 aliphatic heterocycles. The third-order valence-corrected chi connectivity index (χ3v) is 16.1. The van der Waals surface area contributed by atoms with Gasteiger partial charge in [0.15, 0.2) is 11.7 Å². The molecular weight excluding hydrogens is 857 g/mol. The van der Waals surface area contributed by atoms with Gasteiger partial charge in [0.25, 0.3) is 0 Å². The highest BCUT2D eigenvalue weighted by molar-refractivity contribution is 7.15. The molecule has 7 aromatic rings. The topological polar surface area (TPSA) is 136 Å². The maximum Gasteiger partial charge on any atom is 0.335 e. The monoisotopic (exact) mass is 912 g/mol. The highest BCUT2D eigenvalue weighted by Crippen LogP contribution is 2.47. The largest absolute Gasteiger partial charge is 0.478 e. The van der Waals surface area contributed by atoms with Crippen LogP contribution >= 0.6 is 11.3 Å². The molecule has 0 radical (unpaired) electrons. The molecule has 4 aromatic carbocycles. The van der Waals surface area contributed by atoms with E-state index in [1.807, 2.05) is 19.1 Å². The molecule has 2 N–H and O–H groups in total. The van der Waals surface area contributed by atoms with Crippen LogP contribution in [0.25, 0.3) is 5.00 Å². The van der Waals surface area contributed by atoms with Gasteiger partial charge in [-0.05, 0) is 117 Å². The number of aliphatic imine (C=N–C) groups is 1. The summed E-state index contributed by atoms with van der Waals surface area (Å²) in [5, 5.41) is 31.8. The lowest BCUT2D eigenvalue weighted by atomic mass is 9.69. The van der Waals surface area contributed by atoms with Crippen LogP contribution < -0.4 is 9.80 Å². The Kier molecular flexibility index (Phi) is 11.4. The van der Waals surface area contributed by atoms with Crippen LogP contribution in [0.5, 0.6) is 0 Å². The summed E-state index contributed by atoms with van der Waals surface area (Å²) in [7, 11) is 0. The average Bonchev–Trinajstić information content (AvgIpc) is 4.07. The van der Waals surface area contributed by atoms with E-state index in [1.165, 1.54) is 32.8 Å². The number of aromatic nitrogens is 4. The summed E-state index contributed by atoms with van der Waals surface area (Å²) in [6.45, 7) is 12.2. The summed E-state index contributed by atoms with van der Waals surface area (Å²) in [6, 6.07) is 34.0. The number of carboxylic acids is 1. The number of carbonyl (C=O) groups is 1. The first-order chi connectivity index (χ1) is 32.6. The second-order valence-electron chi connectivity index (χ2n) is 18.9. The number of oxazole rings is 1. The van der Waals surface area contributed by atoms with Gasteiger partial charge < -0.3 is 24.4 Å². The number of rotatable bonds is 10. The maximum atomic E-state index is 11.9. The zero-order chi connectivity index (χ0) is 45.8. The Balaban J connectivity index is 0.730. The van der Waals surface area contributed by atoms with Gasteiger partial charge in [-0.15, -0.1) is 21.5 Å². The normalized spacial score (nSPS) is 20.4. The van der Waals surface area contributed by atoms with E-state index in [2.05, 4.69) is 127 Å². The molecule has 11 rings (SSSR count). The van der Waals surface area contributed by atoms with Gasteiger partial charge in [0, 0.05) is 79.1 Å². The van der Waals surface area contributed by atoms with Gasteiger partial charge in [0.05, 0.1) is 29.5 Å². The molecule has 0 unspecified atom stereocenters. The Morgan fingerprint density at radius 3 is 2.25 bits per heavy atom. The van der Waals surface area contributed by atoms with E-state index in [-0.39, 0.29) is 12.0 Å². The Bertz CT molecular complexity index is 2930. The van der Waals surface area contributed by atoms with Crippen molar-refractivity contribution in [2.45, 2.75) is 76.4 Å². The Morgan fingerprint density at radius 2 is 1.55 bits per heavy atom. The fourth-order valence-corrected chi connectivity index (χ4v) is 12.3. The number of aliphatic hydroxyl groups is 1. The number of fused-ring (bicyclic) bond motifs is 4. The molecule has 0 spiro atoms. The fourth-order valence-electron chi connectivity index (χ4n) is 11.1. The second kappa shape index (κ2) is 17.7. The van der Waals surface area contributed by atoms with Crippen LogP contribution in [0, 0.1) is 20.8 Å². The van der Waals surface area contributed by atoms with Crippen LogP contribution in [-0.4, -0.2) is 98.0 Å². The van der Waals surface area contributed by atoms with E-state index in [1.54, 1.807) is 29.9 Å². The van der Waals surface area contributed by atoms with Crippen molar-refractivity contribution in [3.05, 3.63) is 176 Å². The number of carboxylic acid groups (broad SMARTS) is 1. The second-order valence-corrected chi connectivity index (χ2v) is 20.1. The maximum absolute atomic E-state index is 11.9. The Hall–Kier alpha value is -6.41. The van der Waals surface area contributed by atoms with E-state index in [9.17, 15) is 15.0 Å². The number of hydrogen-bond acceptors (Lipinski definition) is 11. The first-order valence-electron chi connectivity index (χ1n) is 23.6.